The zero-order chi connectivity index (χ0) is 12.2. The number of alkyl halides is 4. The standard InChI is InChI=1S/C12H16Br4O/c13-7-1-5-6-2-8(14)10(16)4-12(6)17-11(5)3-9(7)15/h5-12H,1-4H2. The van der Waals surface area contributed by atoms with Crippen LogP contribution in [0.4, 0.5) is 0 Å². The third-order valence-corrected chi connectivity index (χ3v) is 10.0. The molecule has 2 aliphatic carbocycles. The van der Waals surface area contributed by atoms with Crippen LogP contribution in [-0.4, -0.2) is 31.5 Å². The molecule has 5 heteroatoms. The van der Waals surface area contributed by atoms with Crippen LogP contribution in [-0.2, 0) is 4.74 Å². The quantitative estimate of drug-likeness (QED) is 0.445. The molecule has 3 fully saturated rings. The molecule has 1 nitrogen and oxygen atoms in total. The van der Waals surface area contributed by atoms with Crippen LogP contribution in [0.15, 0.2) is 0 Å². The zero-order valence-corrected chi connectivity index (χ0v) is 15.7. The van der Waals surface area contributed by atoms with Crippen molar-refractivity contribution in [2.75, 3.05) is 0 Å². The highest BCUT2D eigenvalue weighted by Gasteiger charge is 2.51. The van der Waals surface area contributed by atoms with Crippen molar-refractivity contribution in [3.63, 3.8) is 0 Å². The van der Waals surface area contributed by atoms with Crippen molar-refractivity contribution in [3.8, 4) is 0 Å². The average molecular weight is 496 g/mol. The highest BCUT2D eigenvalue weighted by atomic mass is 79.9. The van der Waals surface area contributed by atoms with Crippen molar-refractivity contribution in [2.24, 2.45) is 11.8 Å². The molecule has 0 spiro atoms. The van der Waals surface area contributed by atoms with E-state index in [2.05, 4.69) is 63.7 Å². The van der Waals surface area contributed by atoms with Gasteiger partial charge in [-0.15, -0.1) is 0 Å². The van der Waals surface area contributed by atoms with E-state index in [1.807, 2.05) is 0 Å². The fourth-order valence-electron chi connectivity index (χ4n) is 3.65. The summed E-state index contributed by atoms with van der Waals surface area (Å²) in [5.74, 6) is 1.52. The summed E-state index contributed by atoms with van der Waals surface area (Å²) in [6.45, 7) is 0. The molecule has 0 aromatic rings. The molecule has 98 valence electrons. The van der Waals surface area contributed by atoms with E-state index >= 15 is 0 Å². The number of hydrogen-bond acceptors (Lipinski definition) is 1. The lowest BCUT2D eigenvalue weighted by atomic mass is 9.73. The van der Waals surface area contributed by atoms with E-state index in [9.17, 15) is 0 Å². The van der Waals surface area contributed by atoms with Crippen LogP contribution >= 0.6 is 63.7 Å². The Balaban J connectivity index is 1.75. The van der Waals surface area contributed by atoms with E-state index in [0.717, 1.165) is 24.7 Å². The average Bonchev–Trinajstić information content (AvgIpc) is 2.58. The lowest BCUT2D eigenvalue weighted by Gasteiger charge is -2.36. The van der Waals surface area contributed by atoms with Crippen LogP contribution in [0.25, 0.3) is 0 Å². The van der Waals surface area contributed by atoms with E-state index in [4.69, 9.17) is 4.74 Å². The molecular formula is C12H16Br4O. The minimum Gasteiger partial charge on any atom is -0.374 e. The monoisotopic (exact) mass is 492 g/mol. The first-order valence-electron chi connectivity index (χ1n) is 6.28. The van der Waals surface area contributed by atoms with Gasteiger partial charge in [-0.3, -0.25) is 0 Å². The molecule has 0 radical (unpaired) electrons. The predicted molar refractivity (Wildman–Crippen MR) is 85.0 cm³/mol. The minimum atomic E-state index is 0.487. The van der Waals surface area contributed by atoms with E-state index in [0.29, 0.717) is 31.5 Å². The second-order valence-corrected chi connectivity index (χ2v) is 10.3. The minimum absolute atomic E-state index is 0.487. The molecule has 0 amide bonds. The SMILES string of the molecule is BrC1CC2OC3CC(Br)C(Br)CC3C2CC1Br. The van der Waals surface area contributed by atoms with Gasteiger partial charge >= 0.3 is 0 Å². The second kappa shape index (κ2) is 5.34. The van der Waals surface area contributed by atoms with E-state index in [1.165, 1.54) is 12.8 Å². The Labute approximate surface area is 136 Å². The van der Waals surface area contributed by atoms with Gasteiger partial charge in [-0.2, -0.15) is 0 Å². The number of ether oxygens (including phenoxy) is 1. The summed E-state index contributed by atoms with van der Waals surface area (Å²) in [5.41, 5.74) is 0. The van der Waals surface area contributed by atoms with Gasteiger partial charge in [0.1, 0.15) is 0 Å². The smallest absolute Gasteiger partial charge is 0.0622 e. The number of hydrogen-bond donors (Lipinski definition) is 0. The number of rotatable bonds is 0. The van der Waals surface area contributed by atoms with Gasteiger partial charge in [0, 0.05) is 19.3 Å². The normalized spacial score (nSPS) is 58.6. The van der Waals surface area contributed by atoms with Gasteiger partial charge in [-0.25, -0.2) is 0 Å². The Hall–Kier alpha value is 1.88. The summed E-state index contributed by atoms with van der Waals surface area (Å²) in [4.78, 5) is 2.37. The van der Waals surface area contributed by atoms with Gasteiger partial charge in [0.15, 0.2) is 0 Å². The summed E-state index contributed by atoms with van der Waals surface area (Å²) in [6, 6.07) is 0. The molecule has 3 rings (SSSR count). The van der Waals surface area contributed by atoms with Gasteiger partial charge in [-0.05, 0) is 37.5 Å². The van der Waals surface area contributed by atoms with Crippen LogP contribution < -0.4 is 0 Å². The summed E-state index contributed by atoms with van der Waals surface area (Å²) < 4.78 is 6.31. The Kier molecular flexibility index (Phi) is 4.35. The zero-order valence-electron chi connectivity index (χ0n) is 9.37. The Morgan fingerprint density at radius 1 is 0.588 bits per heavy atom. The fourth-order valence-corrected chi connectivity index (χ4v) is 6.11. The van der Waals surface area contributed by atoms with Crippen LogP contribution in [0.2, 0.25) is 0 Å². The topological polar surface area (TPSA) is 9.23 Å². The van der Waals surface area contributed by atoms with Crippen molar-refractivity contribution in [2.45, 2.75) is 57.2 Å². The molecule has 0 N–H and O–H groups in total. The first kappa shape index (κ1) is 13.8. The highest BCUT2D eigenvalue weighted by molar-refractivity contribution is 9.12. The first-order valence-corrected chi connectivity index (χ1v) is 9.94. The van der Waals surface area contributed by atoms with Crippen molar-refractivity contribution in [1.82, 2.24) is 0 Å². The molecule has 1 aliphatic heterocycles. The molecule has 0 aromatic heterocycles. The predicted octanol–water partition coefficient (Wildman–Crippen LogP) is 4.63. The largest absolute Gasteiger partial charge is 0.374 e. The number of fused-ring (bicyclic) bond motifs is 3. The van der Waals surface area contributed by atoms with Gasteiger partial charge in [0.25, 0.3) is 0 Å². The Morgan fingerprint density at radius 2 is 0.941 bits per heavy atom. The molecular weight excluding hydrogens is 480 g/mol. The summed E-state index contributed by atoms with van der Waals surface area (Å²) in [5, 5.41) is 0. The van der Waals surface area contributed by atoms with Gasteiger partial charge in [-0.1, -0.05) is 63.7 Å². The summed E-state index contributed by atoms with van der Waals surface area (Å²) in [7, 11) is 0. The lowest BCUT2D eigenvalue weighted by molar-refractivity contribution is 0.0102. The summed E-state index contributed by atoms with van der Waals surface area (Å²) >= 11 is 15.2. The van der Waals surface area contributed by atoms with Crippen molar-refractivity contribution in [1.29, 1.82) is 0 Å². The summed E-state index contributed by atoms with van der Waals surface area (Å²) in [6.07, 6.45) is 5.81. The van der Waals surface area contributed by atoms with Gasteiger partial charge < -0.3 is 4.74 Å². The molecule has 0 bridgehead atoms. The van der Waals surface area contributed by atoms with Crippen LogP contribution in [0, 0.1) is 11.8 Å². The second-order valence-electron chi connectivity index (χ2n) is 5.55. The van der Waals surface area contributed by atoms with Crippen molar-refractivity contribution < 1.29 is 4.74 Å². The maximum absolute atomic E-state index is 6.31. The maximum atomic E-state index is 6.31. The van der Waals surface area contributed by atoms with Crippen LogP contribution in [0.3, 0.4) is 0 Å². The lowest BCUT2D eigenvalue weighted by Crippen LogP contribution is -2.39. The molecule has 17 heavy (non-hydrogen) atoms. The maximum Gasteiger partial charge on any atom is 0.0622 e. The molecule has 1 heterocycles. The molecule has 3 aliphatic rings. The third kappa shape index (κ3) is 2.57. The van der Waals surface area contributed by atoms with Crippen molar-refractivity contribution >= 4 is 63.7 Å². The van der Waals surface area contributed by atoms with Gasteiger partial charge in [0.05, 0.1) is 12.2 Å². The molecule has 8 atom stereocenters. The fraction of sp³-hybridized carbons (Fsp3) is 1.00. The Bertz CT molecular complexity index is 272. The van der Waals surface area contributed by atoms with Crippen molar-refractivity contribution in [3.05, 3.63) is 0 Å². The highest BCUT2D eigenvalue weighted by Crippen LogP contribution is 2.51. The third-order valence-electron chi connectivity index (χ3n) is 4.55. The number of halogens is 4. The Morgan fingerprint density at radius 3 is 1.35 bits per heavy atom. The first-order chi connectivity index (χ1) is 8.06. The molecule has 0 aromatic carbocycles. The molecule has 2 saturated carbocycles. The van der Waals surface area contributed by atoms with Crippen LogP contribution in [0.1, 0.15) is 25.7 Å². The van der Waals surface area contributed by atoms with Crippen LogP contribution in [0.5, 0.6) is 0 Å². The van der Waals surface area contributed by atoms with E-state index in [1.54, 1.807) is 0 Å². The van der Waals surface area contributed by atoms with E-state index < -0.39 is 0 Å². The molecule has 8 unspecified atom stereocenters. The van der Waals surface area contributed by atoms with Gasteiger partial charge in [0.2, 0.25) is 0 Å². The molecule has 1 saturated heterocycles. The van der Waals surface area contributed by atoms with E-state index in [-0.39, 0.29) is 0 Å².